The number of hydrogen-bond donors (Lipinski definition) is 1. The monoisotopic (exact) mass is 345 g/mol. The summed E-state index contributed by atoms with van der Waals surface area (Å²) in [5, 5.41) is 1.74. The van der Waals surface area contributed by atoms with Gasteiger partial charge in [0.2, 0.25) is 0 Å². The molecule has 4 nitrogen and oxygen atoms in total. The third-order valence-electron chi connectivity index (χ3n) is 3.74. The number of benzene rings is 2. The second-order valence-electron chi connectivity index (χ2n) is 6.32. The molecule has 1 N–H and O–H groups in total. The van der Waals surface area contributed by atoms with Crippen LogP contribution in [0.15, 0.2) is 59.5 Å². The average molecular weight is 345 g/mol. The molecule has 0 aliphatic heterocycles. The van der Waals surface area contributed by atoms with E-state index >= 15 is 0 Å². The summed E-state index contributed by atoms with van der Waals surface area (Å²) in [6.07, 6.45) is 0.356. The lowest BCUT2D eigenvalue weighted by atomic mass is 10.1. The van der Waals surface area contributed by atoms with Crippen LogP contribution in [-0.4, -0.2) is 19.7 Å². The Kier molecular flexibility index (Phi) is 5.78. The lowest BCUT2D eigenvalue weighted by molar-refractivity contribution is 0.0945. The Morgan fingerprint density at radius 2 is 1.58 bits per heavy atom. The van der Waals surface area contributed by atoms with Crippen LogP contribution in [0.4, 0.5) is 0 Å². The first-order valence-electron chi connectivity index (χ1n) is 7.97. The predicted octanol–water partition coefficient (Wildman–Crippen LogP) is 3.57. The van der Waals surface area contributed by atoms with Gasteiger partial charge in [0.1, 0.15) is 5.37 Å². The Morgan fingerprint density at radius 3 is 2.12 bits per heavy atom. The van der Waals surface area contributed by atoms with Crippen molar-refractivity contribution in [3.05, 3.63) is 65.7 Å². The van der Waals surface area contributed by atoms with Gasteiger partial charge in [0.15, 0.2) is 9.84 Å². The van der Waals surface area contributed by atoms with E-state index in [9.17, 15) is 13.2 Å². The first kappa shape index (κ1) is 18.2. The molecule has 0 radical (unpaired) electrons. The molecule has 1 amide bonds. The van der Waals surface area contributed by atoms with Crippen molar-refractivity contribution < 1.29 is 13.2 Å². The van der Waals surface area contributed by atoms with Gasteiger partial charge in [-0.05, 0) is 43.5 Å². The second kappa shape index (κ2) is 7.62. The number of carbonyl (C=O) groups excluding carboxylic acids is 1. The second-order valence-corrected chi connectivity index (χ2v) is 8.45. The molecule has 0 aliphatic rings. The normalized spacial score (nSPS) is 12.8. The molecule has 1 unspecified atom stereocenters. The fourth-order valence-corrected chi connectivity index (χ4v) is 4.15. The zero-order valence-electron chi connectivity index (χ0n) is 14.2. The zero-order valence-corrected chi connectivity index (χ0v) is 15.0. The Labute approximate surface area is 143 Å². The third kappa shape index (κ3) is 4.45. The van der Waals surface area contributed by atoms with Crippen LogP contribution in [0, 0.1) is 12.8 Å². The molecule has 1 atom stereocenters. The molecular formula is C19H23NO3S. The number of carbonyl (C=O) groups is 1. The average Bonchev–Trinajstić information content (AvgIpc) is 2.55. The van der Waals surface area contributed by atoms with Crippen LogP contribution in [0.5, 0.6) is 0 Å². The van der Waals surface area contributed by atoms with Gasteiger partial charge in [-0.3, -0.25) is 4.79 Å². The van der Waals surface area contributed by atoms with E-state index in [1.54, 1.807) is 48.5 Å². The molecule has 0 aromatic heterocycles. The van der Waals surface area contributed by atoms with Crippen LogP contribution in [0.2, 0.25) is 0 Å². The SMILES string of the molecule is Cc1ccc(S(=O)(=O)C(CC(C)C)NC(=O)c2ccccc2)cc1. The van der Waals surface area contributed by atoms with Crippen LogP contribution in [0.3, 0.4) is 0 Å². The van der Waals surface area contributed by atoms with Crippen molar-refractivity contribution >= 4 is 15.7 Å². The largest absolute Gasteiger partial charge is 0.335 e. The van der Waals surface area contributed by atoms with E-state index in [2.05, 4.69) is 5.32 Å². The molecule has 24 heavy (non-hydrogen) atoms. The molecule has 0 aliphatic carbocycles. The maximum Gasteiger partial charge on any atom is 0.252 e. The van der Waals surface area contributed by atoms with Crippen molar-refractivity contribution in [2.24, 2.45) is 5.92 Å². The standard InChI is InChI=1S/C19H23NO3S/c1-14(2)13-18(20-19(21)16-7-5-4-6-8-16)24(22,23)17-11-9-15(3)10-12-17/h4-12,14,18H,13H2,1-3H3,(H,20,21). The zero-order chi connectivity index (χ0) is 17.7. The van der Waals surface area contributed by atoms with Crippen LogP contribution >= 0.6 is 0 Å². The molecule has 0 bridgehead atoms. The lowest BCUT2D eigenvalue weighted by Crippen LogP contribution is -2.41. The van der Waals surface area contributed by atoms with Gasteiger partial charge in [-0.2, -0.15) is 0 Å². The molecule has 2 aromatic rings. The van der Waals surface area contributed by atoms with Crippen molar-refractivity contribution in [3.8, 4) is 0 Å². The number of sulfone groups is 1. The Bertz CT molecular complexity index is 781. The summed E-state index contributed by atoms with van der Waals surface area (Å²) in [6.45, 7) is 5.78. The highest BCUT2D eigenvalue weighted by molar-refractivity contribution is 7.92. The maximum absolute atomic E-state index is 12.9. The minimum absolute atomic E-state index is 0.131. The molecule has 5 heteroatoms. The summed E-state index contributed by atoms with van der Waals surface area (Å²) >= 11 is 0. The molecule has 2 rings (SSSR count). The summed E-state index contributed by atoms with van der Waals surface area (Å²) in [5.74, 6) is -0.247. The van der Waals surface area contributed by atoms with E-state index in [-0.39, 0.29) is 16.7 Å². The number of nitrogens with one attached hydrogen (secondary N) is 1. The van der Waals surface area contributed by atoms with Crippen molar-refractivity contribution in [3.63, 3.8) is 0 Å². The summed E-state index contributed by atoms with van der Waals surface area (Å²) in [6, 6.07) is 15.4. The Balaban J connectivity index is 2.30. The van der Waals surface area contributed by atoms with E-state index in [4.69, 9.17) is 0 Å². The number of rotatable bonds is 6. The quantitative estimate of drug-likeness (QED) is 0.870. The fourth-order valence-electron chi connectivity index (χ4n) is 2.40. The van der Waals surface area contributed by atoms with Crippen molar-refractivity contribution in [1.82, 2.24) is 5.32 Å². The van der Waals surface area contributed by atoms with Gasteiger partial charge in [-0.25, -0.2) is 8.42 Å². The fraction of sp³-hybridized carbons (Fsp3) is 0.316. The van der Waals surface area contributed by atoms with E-state index in [1.807, 2.05) is 26.8 Å². The third-order valence-corrected chi connectivity index (χ3v) is 5.73. The Hall–Kier alpha value is -2.14. The minimum atomic E-state index is -3.65. The molecule has 2 aromatic carbocycles. The van der Waals surface area contributed by atoms with Gasteiger partial charge in [-0.15, -0.1) is 0 Å². The highest BCUT2D eigenvalue weighted by atomic mass is 32.2. The highest BCUT2D eigenvalue weighted by Crippen LogP contribution is 2.21. The summed E-state index contributed by atoms with van der Waals surface area (Å²) in [4.78, 5) is 12.6. The van der Waals surface area contributed by atoms with Crippen LogP contribution in [-0.2, 0) is 9.84 Å². The molecule has 0 saturated carbocycles. The van der Waals surface area contributed by atoms with E-state index in [0.29, 0.717) is 12.0 Å². The van der Waals surface area contributed by atoms with Crippen molar-refractivity contribution in [2.75, 3.05) is 0 Å². The lowest BCUT2D eigenvalue weighted by Gasteiger charge is -2.21. The topological polar surface area (TPSA) is 63.2 Å². The summed E-state index contributed by atoms with van der Waals surface area (Å²) in [7, 11) is -3.65. The summed E-state index contributed by atoms with van der Waals surface area (Å²) < 4.78 is 25.9. The van der Waals surface area contributed by atoms with Crippen molar-refractivity contribution in [1.29, 1.82) is 0 Å². The number of hydrogen-bond acceptors (Lipinski definition) is 3. The molecule has 0 heterocycles. The van der Waals surface area contributed by atoms with Crippen LogP contribution in [0.25, 0.3) is 0 Å². The predicted molar refractivity (Wildman–Crippen MR) is 95.5 cm³/mol. The maximum atomic E-state index is 12.9. The Morgan fingerprint density at radius 1 is 1.00 bits per heavy atom. The molecule has 0 saturated heterocycles. The van der Waals surface area contributed by atoms with Gasteiger partial charge in [0.25, 0.3) is 5.91 Å². The van der Waals surface area contributed by atoms with Crippen LogP contribution < -0.4 is 5.32 Å². The first-order chi connectivity index (χ1) is 11.3. The van der Waals surface area contributed by atoms with Gasteiger partial charge in [0, 0.05) is 5.56 Å². The van der Waals surface area contributed by atoms with E-state index < -0.39 is 15.2 Å². The van der Waals surface area contributed by atoms with E-state index in [0.717, 1.165) is 5.56 Å². The molecule has 128 valence electrons. The molecular weight excluding hydrogens is 322 g/mol. The summed E-state index contributed by atoms with van der Waals surface area (Å²) in [5.41, 5.74) is 1.44. The minimum Gasteiger partial charge on any atom is -0.335 e. The first-order valence-corrected chi connectivity index (χ1v) is 9.52. The molecule has 0 fully saturated rings. The van der Waals surface area contributed by atoms with Gasteiger partial charge < -0.3 is 5.32 Å². The van der Waals surface area contributed by atoms with Gasteiger partial charge in [-0.1, -0.05) is 49.7 Å². The van der Waals surface area contributed by atoms with E-state index in [1.165, 1.54) is 0 Å². The number of amides is 1. The highest BCUT2D eigenvalue weighted by Gasteiger charge is 2.29. The van der Waals surface area contributed by atoms with Gasteiger partial charge in [0.05, 0.1) is 4.90 Å². The smallest absolute Gasteiger partial charge is 0.252 e. The van der Waals surface area contributed by atoms with Crippen molar-refractivity contribution in [2.45, 2.75) is 37.5 Å². The van der Waals surface area contributed by atoms with Crippen LogP contribution in [0.1, 0.15) is 36.2 Å². The molecule has 0 spiro atoms. The van der Waals surface area contributed by atoms with Gasteiger partial charge >= 0.3 is 0 Å². The number of aryl methyl sites for hydroxylation is 1.